The number of hydrogen-bond donors (Lipinski definition) is 1. The summed E-state index contributed by atoms with van der Waals surface area (Å²) in [6.45, 7) is 5.52. The molecule has 0 aliphatic heterocycles. The lowest BCUT2D eigenvalue weighted by Gasteiger charge is -2.16. The highest BCUT2D eigenvalue weighted by molar-refractivity contribution is 5.28. The molecule has 1 aromatic rings. The van der Waals surface area contributed by atoms with Gasteiger partial charge in [-0.3, -0.25) is 0 Å². The minimum Gasteiger partial charge on any atom is -0.338 e. The normalized spacial score (nSPS) is 11.3. The summed E-state index contributed by atoms with van der Waals surface area (Å²) in [5.41, 5.74) is 0.949. The van der Waals surface area contributed by atoms with Gasteiger partial charge in [0.1, 0.15) is 0 Å². The van der Waals surface area contributed by atoms with Crippen LogP contribution in [0.15, 0.2) is 12.4 Å². The van der Waals surface area contributed by atoms with Crippen molar-refractivity contribution in [3.8, 4) is 0 Å². The van der Waals surface area contributed by atoms with Crippen LogP contribution in [0.3, 0.4) is 0 Å². The van der Waals surface area contributed by atoms with Gasteiger partial charge in [-0.05, 0) is 12.5 Å². The van der Waals surface area contributed by atoms with Crippen molar-refractivity contribution in [2.24, 2.45) is 5.92 Å². The molecule has 102 valence electrons. The zero-order valence-electron chi connectivity index (χ0n) is 11.0. The Labute approximate surface area is 106 Å². The van der Waals surface area contributed by atoms with Crippen LogP contribution in [0.4, 0.5) is 14.7 Å². The van der Waals surface area contributed by atoms with Crippen LogP contribution in [-0.2, 0) is 6.54 Å². The van der Waals surface area contributed by atoms with E-state index in [1.165, 1.54) is 4.90 Å². The highest BCUT2D eigenvalue weighted by Gasteiger charge is 2.10. The Morgan fingerprint density at radius 2 is 1.89 bits per heavy atom. The summed E-state index contributed by atoms with van der Waals surface area (Å²) >= 11 is 0. The lowest BCUT2D eigenvalue weighted by Crippen LogP contribution is -2.26. The van der Waals surface area contributed by atoms with E-state index in [0.29, 0.717) is 18.4 Å². The predicted molar refractivity (Wildman–Crippen MR) is 67.9 cm³/mol. The molecule has 6 heteroatoms. The molecule has 1 rings (SSSR count). The van der Waals surface area contributed by atoms with Gasteiger partial charge in [-0.15, -0.1) is 0 Å². The number of alkyl halides is 2. The Hall–Kier alpha value is -1.30. The maximum atomic E-state index is 12.2. The third-order valence-electron chi connectivity index (χ3n) is 2.33. The molecule has 18 heavy (non-hydrogen) atoms. The Balaban J connectivity index is 2.46. The summed E-state index contributed by atoms with van der Waals surface area (Å²) in [5, 5.41) is 3.27. The first kappa shape index (κ1) is 14.8. The van der Waals surface area contributed by atoms with Gasteiger partial charge in [0, 0.05) is 31.5 Å². The van der Waals surface area contributed by atoms with Crippen LogP contribution in [0.2, 0.25) is 0 Å². The van der Waals surface area contributed by atoms with E-state index in [0.717, 1.165) is 12.1 Å². The van der Waals surface area contributed by atoms with Crippen molar-refractivity contribution < 1.29 is 8.78 Å². The van der Waals surface area contributed by atoms with Gasteiger partial charge >= 0.3 is 0 Å². The molecule has 1 aromatic heterocycles. The first-order valence-corrected chi connectivity index (χ1v) is 6.00. The van der Waals surface area contributed by atoms with Gasteiger partial charge in [0.25, 0.3) is 6.43 Å². The Morgan fingerprint density at radius 3 is 2.39 bits per heavy atom. The number of aromatic nitrogens is 2. The molecule has 0 aromatic carbocycles. The van der Waals surface area contributed by atoms with Crippen molar-refractivity contribution in [2.75, 3.05) is 25.0 Å². The molecule has 0 amide bonds. The number of anilines is 1. The van der Waals surface area contributed by atoms with Crippen molar-refractivity contribution in [3.63, 3.8) is 0 Å². The second kappa shape index (κ2) is 7.20. The molecule has 0 aliphatic rings. The molecule has 0 spiro atoms. The van der Waals surface area contributed by atoms with E-state index < -0.39 is 6.43 Å². The van der Waals surface area contributed by atoms with Crippen LogP contribution in [0.1, 0.15) is 19.4 Å². The summed E-state index contributed by atoms with van der Waals surface area (Å²) < 4.78 is 24.4. The smallest absolute Gasteiger partial charge is 0.255 e. The SMILES string of the molecule is CC(C)CNCc1cnc(N(C)CC(F)F)nc1. The minimum atomic E-state index is -2.38. The Bertz CT molecular complexity index is 340. The van der Waals surface area contributed by atoms with Gasteiger partial charge in [-0.25, -0.2) is 18.7 Å². The molecule has 4 nitrogen and oxygen atoms in total. The van der Waals surface area contributed by atoms with E-state index in [1.807, 2.05) is 0 Å². The zero-order valence-corrected chi connectivity index (χ0v) is 11.0. The number of nitrogens with zero attached hydrogens (tertiary/aromatic N) is 3. The Morgan fingerprint density at radius 1 is 1.28 bits per heavy atom. The molecule has 0 saturated carbocycles. The standard InChI is InChI=1S/C12H20F2N4/c1-9(2)4-15-5-10-6-16-12(17-7-10)18(3)8-11(13)14/h6-7,9,11,15H,4-5,8H2,1-3H3. The number of halogens is 2. The number of rotatable bonds is 7. The van der Waals surface area contributed by atoms with Crippen LogP contribution in [0.5, 0.6) is 0 Å². The quantitative estimate of drug-likeness (QED) is 0.811. The van der Waals surface area contributed by atoms with Crippen molar-refractivity contribution in [1.29, 1.82) is 0 Å². The summed E-state index contributed by atoms with van der Waals surface area (Å²) in [6.07, 6.45) is 0.945. The highest BCUT2D eigenvalue weighted by atomic mass is 19.3. The number of hydrogen-bond acceptors (Lipinski definition) is 4. The van der Waals surface area contributed by atoms with E-state index in [1.54, 1.807) is 19.4 Å². The molecule has 1 N–H and O–H groups in total. The second-order valence-corrected chi connectivity index (χ2v) is 4.69. The highest BCUT2D eigenvalue weighted by Crippen LogP contribution is 2.07. The number of nitrogens with one attached hydrogen (secondary N) is 1. The van der Waals surface area contributed by atoms with Crippen molar-refractivity contribution in [1.82, 2.24) is 15.3 Å². The zero-order chi connectivity index (χ0) is 13.5. The molecule has 0 radical (unpaired) electrons. The van der Waals surface area contributed by atoms with E-state index in [9.17, 15) is 8.78 Å². The maximum absolute atomic E-state index is 12.2. The van der Waals surface area contributed by atoms with Crippen LogP contribution in [0.25, 0.3) is 0 Å². The second-order valence-electron chi connectivity index (χ2n) is 4.69. The van der Waals surface area contributed by atoms with E-state index >= 15 is 0 Å². The van der Waals surface area contributed by atoms with Crippen LogP contribution in [-0.4, -0.2) is 36.5 Å². The van der Waals surface area contributed by atoms with Gasteiger partial charge in [0.15, 0.2) is 0 Å². The predicted octanol–water partition coefficient (Wildman–Crippen LogP) is 1.92. The molecular weight excluding hydrogens is 238 g/mol. The van der Waals surface area contributed by atoms with Gasteiger partial charge in [-0.2, -0.15) is 0 Å². The molecule has 0 aliphatic carbocycles. The summed E-state index contributed by atoms with van der Waals surface area (Å²) in [5.74, 6) is 0.908. The molecule has 0 bridgehead atoms. The van der Waals surface area contributed by atoms with Crippen LogP contribution < -0.4 is 10.2 Å². The first-order valence-electron chi connectivity index (χ1n) is 6.00. The largest absolute Gasteiger partial charge is 0.338 e. The van der Waals surface area contributed by atoms with E-state index in [2.05, 4.69) is 29.1 Å². The third-order valence-corrected chi connectivity index (χ3v) is 2.33. The molecule has 0 fully saturated rings. The summed E-state index contributed by atoms with van der Waals surface area (Å²) in [6, 6.07) is 0. The van der Waals surface area contributed by atoms with Gasteiger partial charge in [0.05, 0.1) is 6.54 Å². The molecule has 1 heterocycles. The first-order chi connectivity index (χ1) is 8.49. The van der Waals surface area contributed by atoms with Crippen LogP contribution >= 0.6 is 0 Å². The van der Waals surface area contributed by atoms with Gasteiger partial charge in [-0.1, -0.05) is 13.8 Å². The minimum absolute atomic E-state index is 0.322. The fourth-order valence-corrected chi connectivity index (χ4v) is 1.43. The average Bonchev–Trinajstić information content (AvgIpc) is 2.28. The molecule has 0 saturated heterocycles. The van der Waals surface area contributed by atoms with E-state index in [-0.39, 0.29) is 6.54 Å². The summed E-state index contributed by atoms with van der Waals surface area (Å²) in [7, 11) is 1.55. The summed E-state index contributed by atoms with van der Waals surface area (Å²) in [4.78, 5) is 9.49. The van der Waals surface area contributed by atoms with Crippen molar-refractivity contribution in [2.45, 2.75) is 26.8 Å². The molecular formula is C12H20F2N4. The molecule has 0 unspecified atom stereocenters. The Kier molecular flexibility index (Phi) is 5.91. The topological polar surface area (TPSA) is 41.1 Å². The third kappa shape index (κ3) is 5.35. The monoisotopic (exact) mass is 258 g/mol. The average molecular weight is 258 g/mol. The van der Waals surface area contributed by atoms with E-state index in [4.69, 9.17) is 0 Å². The van der Waals surface area contributed by atoms with Gasteiger partial charge in [0.2, 0.25) is 5.95 Å². The fraction of sp³-hybridized carbons (Fsp3) is 0.667. The van der Waals surface area contributed by atoms with Crippen LogP contribution in [0, 0.1) is 5.92 Å². The maximum Gasteiger partial charge on any atom is 0.255 e. The van der Waals surface area contributed by atoms with Crippen molar-refractivity contribution in [3.05, 3.63) is 18.0 Å². The lowest BCUT2D eigenvalue weighted by atomic mass is 10.2. The van der Waals surface area contributed by atoms with Gasteiger partial charge < -0.3 is 10.2 Å². The fourth-order valence-electron chi connectivity index (χ4n) is 1.43. The van der Waals surface area contributed by atoms with Crippen molar-refractivity contribution >= 4 is 5.95 Å². The lowest BCUT2D eigenvalue weighted by molar-refractivity contribution is 0.156. The molecule has 0 atom stereocenters.